The second-order valence-electron chi connectivity index (χ2n) is 6.88. The Bertz CT molecular complexity index is 765. The predicted molar refractivity (Wildman–Crippen MR) is 93.3 cm³/mol. The number of hydrogen-bond donors (Lipinski definition) is 2. The number of carbonyl (C=O) groups excluding carboxylic acids is 1. The Labute approximate surface area is 141 Å². The summed E-state index contributed by atoms with van der Waals surface area (Å²) in [7, 11) is 0. The summed E-state index contributed by atoms with van der Waals surface area (Å²) in [5.74, 6) is 1.49. The molecule has 1 saturated carbocycles. The second kappa shape index (κ2) is 6.24. The maximum atomic E-state index is 12.5. The Morgan fingerprint density at radius 1 is 1.42 bits per heavy atom. The van der Waals surface area contributed by atoms with Crippen molar-refractivity contribution in [3.8, 4) is 0 Å². The van der Waals surface area contributed by atoms with Crippen LogP contribution >= 0.6 is 0 Å². The van der Waals surface area contributed by atoms with Crippen molar-refractivity contribution in [2.24, 2.45) is 17.6 Å². The van der Waals surface area contributed by atoms with E-state index < -0.39 is 6.04 Å². The van der Waals surface area contributed by atoms with Crippen LogP contribution < -0.4 is 11.1 Å². The van der Waals surface area contributed by atoms with Gasteiger partial charge in [-0.05, 0) is 54.4 Å². The molecule has 0 aliphatic heterocycles. The fourth-order valence-electron chi connectivity index (χ4n) is 3.52. The third-order valence-electron chi connectivity index (χ3n) is 5.05. The molecule has 0 radical (unpaired) electrons. The van der Waals surface area contributed by atoms with Gasteiger partial charge in [0.25, 0.3) is 0 Å². The molecular formula is C19H22N4O. The van der Waals surface area contributed by atoms with Crippen molar-refractivity contribution in [1.29, 1.82) is 0 Å². The summed E-state index contributed by atoms with van der Waals surface area (Å²) in [6.45, 7) is 0.726. The van der Waals surface area contributed by atoms with E-state index in [0.717, 1.165) is 48.0 Å². The molecule has 2 aromatic rings. The first-order valence-electron chi connectivity index (χ1n) is 8.49. The van der Waals surface area contributed by atoms with Crippen molar-refractivity contribution in [2.45, 2.75) is 31.8 Å². The molecule has 1 heterocycles. The van der Waals surface area contributed by atoms with Gasteiger partial charge in [0.2, 0.25) is 5.91 Å². The van der Waals surface area contributed by atoms with Crippen LogP contribution in [0.3, 0.4) is 0 Å². The zero-order valence-corrected chi connectivity index (χ0v) is 13.6. The van der Waals surface area contributed by atoms with Crippen LogP contribution in [-0.2, 0) is 11.3 Å². The van der Waals surface area contributed by atoms with E-state index in [2.05, 4.69) is 16.4 Å². The van der Waals surface area contributed by atoms with E-state index in [1.807, 2.05) is 35.0 Å². The van der Waals surface area contributed by atoms with Gasteiger partial charge in [-0.25, -0.2) is 4.98 Å². The van der Waals surface area contributed by atoms with Crippen molar-refractivity contribution in [2.75, 3.05) is 5.32 Å². The number of aromatic nitrogens is 2. The van der Waals surface area contributed by atoms with Gasteiger partial charge in [0.15, 0.2) is 0 Å². The minimum Gasteiger partial charge on any atom is -0.333 e. The SMILES string of the molecule is N[C@@H](C(=O)Nc1cccc(Cn2ccnc2)c1)C1=CCC2CC2C1. The topological polar surface area (TPSA) is 72.9 Å². The largest absolute Gasteiger partial charge is 0.333 e. The Morgan fingerprint density at radius 2 is 2.33 bits per heavy atom. The molecule has 1 fully saturated rings. The molecule has 124 valence electrons. The van der Waals surface area contributed by atoms with Gasteiger partial charge in [-0.3, -0.25) is 4.79 Å². The molecule has 5 nitrogen and oxygen atoms in total. The normalized spacial score (nSPS) is 23.1. The lowest BCUT2D eigenvalue weighted by atomic mass is 9.94. The third kappa shape index (κ3) is 3.26. The summed E-state index contributed by atoms with van der Waals surface area (Å²) in [4.78, 5) is 16.5. The van der Waals surface area contributed by atoms with Gasteiger partial charge in [0.05, 0.1) is 6.33 Å². The van der Waals surface area contributed by atoms with Crippen LogP contribution in [0.4, 0.5) is 5.69 Å². The number of anilines is 1. The fourth-order valence-corrected chi connectivity index (χ4v) is 3.52. The average molecular weight is 322 g/mol. The molecule has 3 atom stereocenters. The van der Waals surface area contributed by atoms with E-state index in [1.165, 1.54) is 6.42 Å². The summed E-state index contributed by atoms with van der Waals surface area (Å²) in [6, 6.07) is 7.32. The zero-order valence-electron chi connectivity index (χ0n) is 13.6. The van der Waals surface area contributed by atoms with Crippen LogP contribution in [0.1, 0.15) is 24.8 Å². The number of imidazole rings is 1. The fraction of sp³-hybridized carbons (Fsp3) is 0.368. The quantitative estimate of drug-likeness (QED) is 0.831. The summed E-state index contributed by atoms with van der Waals surface area (Å²) in [6.07, 6.45) is 11.0. The number of nitrogens with one attached hydrogen (secondary N) is 1. The van der Waals surface area contributed by atoms with E-state index in [-0.39, 0.29) is 5.91 Å². The van der Waals surface area contributed by atoms with Crippen molar-refractivity contribution >= 4 is 11.6 Å². The Morgan fingerprint density at radius 3 is 3.12 bits per heavy atom. The Hall–Kier alpha value is -2.40. The molecule has 4 rings (SSSR count). The molecule has 0 saturated heterocycles. The molecule has 2 aliphatic rings. The first kappa shape index (κ1) is 15.1. The molecule has 3 N–H and O–H groups in total. The first-order chi connectivity index (χ1) is 11.7. The monoisotopic (exact) mass is 322 g/mol. The number of allylic oxidation sites excluding steroid dienone is 1. The Kier molecular flexibility index (Phi) is 3.94. The van der Waals surface area contributed by atoms with E-state index in [0.29, 0.717) is 0 Å². The van der Waals surface area contributed by atoms with Crippen LogP contribution in [-0.4, -0.2) is 21.5 Å². The van der Waals surface area contributed by atoms with Gasteiger partial charge in [0.1, 0.15) is 6.04 Å². The molecule has 2 aliphatic carbocycles. The number of fused-ring (bicyclic) bond motifs is 1. The van der Waals surface area contributed by atoms with Gasteiger partial charge in [-0.15, -0.1) is 0 Å². The van der Waals surface area contributed by atoms with Crippen LogP contribution in [0.5, 0.6) is 0 Å². The molecule has 1 amide bonds. The van der Waals surface area contributed by atoms with Crippen LogP contribution in [0.25, 0.3) is 0 Å². The molecular weight excluding hydrogens is 300 g/mol. The molecule has 1 aromatic heterocycles. The number of benzene rings is 1. The number of carbonyl (C=O) groups is 1. The molecule has 0 spiro atoms. The lowest BCUT2D eigenvalue weighted by molar-refractivity contribution is -0.116. The molecule has 1 aromatic carbocycles. The maximum absolute atomic E-state index is 12.5. The van der Waals surface area contributed by atoms with Gasteiger partial charge >= 0.3 is 0 Å². The molecule has 5 heteroatoms. The summed E-state index contributed by atoms with van der Waals surface area (Å²) in [5.41, 5.74) is 9.17. The first-order valence-corrected chi connectivity index (χ1v) is 8.49. The summed E-state index contributed by atoms with van der Waals surface area (Å²) < 4.78 is 1.99. The lowest BCUT2D eigenvalue weighted by Gasteiger charge is -2.19. The van der Waals surface area contributed by atoms with Gasteiger partial charge in [-0.1, -0.05) is 18.2 Å². The highest BCUT2D eigenvalue weighted by atomic mass is 16.2. The van der Waals surface area contributed by atoms with Crippen molar-refractivity contribution < 1.29 is 4.79 Å². The summed E-state index contributed by atoms with van der Waals surface area (Å²) >= 11 is 0. The van der Waals surface area contributed by atoms with Crippen molar-refractivity contribution in [3.63, 3.8) is 0 Å². The highest BCUT2D eigenvalue weighted by Crippen LogP contribution is 2.49. The summed E-state index contributed by atoms with van der Waals surface area (Å²) in [5, 5.41) is 2.96. The van der Waals surface area contributed by atoms with E-state index in [1.54, 1.807) is 12.5 Å². The highest BCUT2D eigenvalue weighted by molar-refractivity contribution is 5.96. The third-order valence-corrected chi connectivity index (χ3v) is 5.05. The number of rotatable bonds is 5. The lowest BCUT2D eigenvalue weighted by Crippen LogP contribution is -2.38. The predicted octanol–water partition coefficient (Wildman–Crippen LogP) is 2.55. The van der Waals surface area contributed by atoms with E-state index in [4.69, 9.17) is 5.73 Å². The number of nitrogens with two attached hydrogens (primary N) is 1. The average Bonchev–Trinajstić information content (AvgIpc) is 3.19. The van der Waals surface area contributed by atoms with Gasteiger partial charge in [0, 0.05) is 24.6 Å². The highest BCUT2D eigenvalue weighted by Gasteiger charge is 2.40. The molecule has 2 unspecified atom stereocenters. The molecule has 24 heavy (non-hydrogen) atoms. The van der Waals surface area contributed by atoms with Gasteiger partial charge < -0.3 is 15.6 Å². The minimum atomic E-state index is -0.538. The smallest absolute Gasteiger partial charge is 0.245 e. The van der Waals surface area contributed by atoms with Crippen LogP contribution in [0.2, 0.25) is 0 Å². The van der Waals surface area contributed by atoms with Gasteiger partial charge in [-0.2, -0.15) is 0 Å². The number of nitrogens with zero attached hydrogens (tertiary/aromatic N) is 2. The minimum absolute atomic E-state index is 0.125. The molecule has 0 bridgehead atoms. The Balaban J connectivity index is 1.40. The van der Waals surface area contributed by atoms with E-state index >= 15 is 0 Å². The van der Waals surface area contributed by atoms with E-state index in [9.17, 15) is 4.79 Å². The van der Waals surface area contributed by atoms with Crippen molar-refractivity contribution in [1.82, 2.24) is 9.55 Å². The maximum Gasteiger partial charge on any atom is 0.245 e. The van der Waals surface area contributed by atoms with Crippen LogP contribution in [0, 0.1) is 11.8 Å². The van der Waals surface area contributed by atoms with Crippen LogP contribution in [0.15, 0.2) is 54.6 Å². The van der Waals surface area contributed by atoms with Crippen molar-refractivity contribution in [3.05, 3.63) is 60.2 Å². The zero-order chi connectivity index (χ0) is 16.5. The second-order valence-corrected chi connectivity index (χ2v) is 6.88. The standard InChI is InChI=1S/C19H22N4O/c20-18(15-5-4-14-9-16(14)10-15)19(24)22-17-3-1-2-13(8-17)11-23-7-6-21-12-23/h1-3,5-8,12,14,16,18H,4,9-11,20H2,(H,22,24)/t14?,16?,18-/m1/s1. The number of hydrogen-bond acceptors (Lipinski definition) is 3. The number of amides is 1.